The molecule has 1 fully saturated rings. The molecule has 0 unspecified atom stereocenters. The molecule has 1 saturated heterocycles. The molecule has 0 aromatic rings. The van der Waals surface area contributed by atoms with Crippen molar-refractivity contribution in [3.8, 4) is 0 Å². The second-order valence-corrected chi connectivity index (χ2v) is 6.81. The van der Waals surface area contributed by atoms with E-state index in [0.29, 0.717) is 0 Å². The van der Waals surface area contributed by atoms with Crippen molar-refractivity contribution in [3.05, 3.63) is 24.7 Å². The van der Waals surface area contributed by atoms with Gasteiger partial charge in [-0.1, -0.05) is 20.4 Å². The van der Waals surface area contributed by atoms with Crippen LogP contribution >= 0.6 is 0 Å². The first kappa shape index (κ1) is 21.8. The molecule has 0 radical (unpaired) electrons. The fraction of sp³-hybridized carbons (Fsp3) is 0.611. The SMILES string of the molecule is C=C1N=C(N)C=CN1[C@@H]1O[C@](CF)(COC(=O)CC)[C@@H](OC(=O)CC)[C@@]1(C)O. The number of esters is 2. The van der Waals surface area contributed by atoms with E-state index in [4.69, 9.17) is 19.9 Å². The van der Waals surface area contributed by atoms with Gasteiger partial charge in [-0.3, -0.25) is 9.59 Å². The van der Waals surface area contributed by atoms with Crippen LogP contribution < -0.4 is 5.73 Å². The van der Waals surface area contributed by atoms with E-state index in [2.05, 4.69) is 11.6 Å². The number of halogens is 1. The number of hydrogen-bond acceptors (Lipinski definition) is 9. The average molecular weight is 399 g/mol. The first-order valence-electron chi connectivity index (χ1n) is 8.92. The molecule has 0 amide bonds. The summed E-state index contributed by atoms with van der Waals surface area (Å²) in [4.78, 5) is 28.9. The smallest absolute Gasteiger partial charge is 0.305 e. The highest BCUT2D eigenvalue weighted by Crippen LogP contribution is 2.44. The van der Waals surface area contributed by atoms with E-state index < -0.39 is 48.8 Å². The largest absolute Gasteiger partial charge is 0.462 e. The molecule has 2 aliphatic heterocycles. The fourth-order valence-electron chi connectivity index (χ4n) is 3.10. The Hall–Kier alpha value is -2.46. The zero-order chi connectivity index (χ0) is 21.1. The van der Waals surface area contributed by atoms with Gasteiger partial charge >= 0.3 is 11.9 Å². The molecule has 0 saturated carbocycles. The predicted octanol–water partition coefficient (Wildman–Crippen LogP) is 0.735. The molecule has 28 heavy (non-hydrogen) atoms. The van der Waals surface area contributed by atoms with Crippen molar-refractivity contribution in [1.29, 1.82) is 0 Å². The maximum absolute atomic E-state index is 14.2. The topological polar surface area (TPSA) is 124 Å². The van der Waals surface area contributed by atoms with Crippen LogP contribution in [0.25, 0.3) is 0 Å². The van der Waals surface area contributed by atoms with Gasteiger partial charge in [0.2, 0.25) is 0 Å². The summed E-state index contributed by atoms with van der Waals surface area (Å²) in [5.74, 6) is -0.906. The van der Waals surface area contributed by atoms with Crippen molar-refractivity contribution in [3.63, 3.8) is 0 Å². The number of nitrogens with two attached hydrogens (primary N) is 1. The second-order valence-electron chi connectivity index (χ2n) is 6.81. The van der Waals surface area contributed by atoms with E-state index in [1.165, 1.54) is 24.1 Å². The van der Waals surface area contributed by atoms with Gasteiger partial charge in [-0.15, -0.1) is 0 Å². The van der Waals surface area contributed by atoms with Gasteiger partial charge in [0.1, 0.15) is 30.5 Å². The lowest BCUT2D eigenvalue weighted by atomic mass is 9.87. The van der Waals surface area contributed by atoms with Crippen LogP contribution in [0.2, 0.25) is 0 Å². The number of aliphatic imine (C=N–C) groups is 1. The van der Waals surface area contributed by atoms with Crippen LogP contribution in [0.4, 0.5) is 4.39 Å². The zero-order valence-electron chi connectivity index (χ0n) is 16.2. The van der Waals surface area contributed by atoms with E-state index in [1.807, 2.05) is 0 Å². The molecule has 10 heteroatoms. The number of carbonyl (C=O) groups excluding carboxylic acids is 2. The fourth-order valence-corrected chi connectivity index (χ4v) is 3.10. The number of carbonyl (C=O) groups is 2. The van der Waals surface area contributed by atoms with Gasteiger partial charge in [0.25, 0.3) is 0 Å². The van der Waals surface area contributed by atoms with E-state index in [-0.39, 0.29) is 24.5 Å². The maximum atomic E-state index is 14.2. The summed E-state index contributed by atoms with van der Waals surface area (Å²) in [6.45, 7) is 6.52. The number of ether oxygens (including phenoxy) is 3. The summed E-state index contributed by atoms with van der Waals surface area (Å²) in [5, 5.41) is 11.2. The molecule has 2 rings (SSSR count). The summed E-state index contributed by atoms with van der Waals surface area (Å²) in [6, 6.07) is 0. The Bertz CT molecular complexity index is 707. The summed E-state index contributed by atoms with van der Waals surface area (Å²) in [7, 11) is 0. The lowest BCUT2D eigenvalue weighted by Crippen LogP contribution is -2.57. The van der Waals surface area contributed by atoms with Gasteiger partial charge in [-0.25, -0.2) is 9.38 Å². The standard InChI is InChI=1S/C18H26FN3O6/c1-5-13(23)26-10-18(9-19)15(27-14(24)6-2)17(4,25)16(28-18)22-8-7-12(20)21-11(22)3/h7-8,15-16,25H,3,5-6,9-10H2,1-2,4H3,(H2,20,21)/t15-,16+,17+,18+/m0/s1. The molecule has 0 bridgehead atoms. The number of amidine groups is 1. The van der Waals surface area contributed by atoms with E-state index in [1.54, 1.807) is 13.8 Å². The Morgan fingerprint density at radius 2 is 2.07 bits per heavy atom. The Kier molecular flexibility index (Phi) is 6.45. The lowest BCUT2D eigenvalue weighted by Gasteiger charge is -2.36. The van der Waals surface area contributed by atoms with E-state index in [9.17, 15) is 19.1 Å². The Balaban J connectivity index is 2.41. The van der Waals surface area contributed by atoms with Gasteiger partial charge in [0.05, 0.1) is 0 Å². The van der Waals surface area contributed by atoms with Crippen molar-refractivity contribution in [2.45, 2.75) is 57.1 Å². The first-order chi connectivity index (χ1) is 13.1. The summed E-state index contributed by atoms with van der Waals surface area (Å²) in [6.07, 6.45) is 0.324. The summed E-state index contributed by atoms with van der Waals surface area (Å²) >= 11 is 0. The van der Waals surface area contributed by atoms with Crippen LogP contribution in [0.1, 0.15) is 33.6 Å². The lowest BCUT2D eigenvalue weighted by molar-refractivity contribution is -0.183. The summed E-state index contributed by atoms with van der Waals surface area (Å²) in [5.41, 5.74) is 1.84. The van der Waals surface area contributed by atoms with Crippen molar-refractivity contribution in [2.75, 3.05) is 13.3 Å². The van der Waals surface area contributed by atoms with Crippen LogP contribution in [0, 0.1) is 0 Å². The van der Waals surface area contributed by atoms with Crippen LogP contribution in [0.3, 0.4) is 0 Å². The summed E-state index contributed by atoms with van der Waals surface area (Å²) < 4.78 is 30.5. The number of nitrogens with zero attached hydrogens (tertiary/aromatic N) is 2. The van der Waals surface area contributed by atoms with Gasteiger partial charge in [0, 0.05) is 19.0 Å². The minimum absolute atomic E-state index is 0.00547. The molecular weight excluding hydrogens is 373 g/mol. The van der Waals surface area contributed by atoms with Gasteiger partial charge in [-0.2, -0.15) is 0 Å². The number of aliphatic hydroxyl groups is 1. The predicted molar refractivity (Wildman–Crippen MR) is 97.4 cm³/mol. The zero-order valence-corrected chi connectivity index (χ0v) is 16.2. The highest BCUT2D eigenvalue weighted by Gasteiger charge is 2.66. The molecule has 2 aliphatic rings. The van der Waals surface area contributed by atoms with Gasteiger partial charge in [-0.05, 0) is 13.0 Å². The minimum Gasteiger partial charge on any atom is -0.462 e. The van der Waals surface area contributed by atoms with Gasteiger partial charge in [0.15, 0.2) is 17.9 Å². The molecular formula is C18H26FN3O6. The third kappa shape index (κ3) is 4.02. The minimum atomic E-state index is -1.90. The second kappa shape index (κ2) is 8.27. The highest BCUT2D eigenvalue weighted by atomic mass is 19.1. The Morgan fingerprint density at radius 3 is 2.61 bits per heavy atom. The van der Waals surface area contributed by atoms with Crippen LogP contribution in [0.5, 0.6) is 0 Å². The van der Waals surface area contributed by atoms with Crippen molar-refractivity contribution in [1.82, 2.24) is 4.90 Å². The molecule has 0 aromatic carbocycles. The number of rotatable bonds is 7. The number of alkyl halides is 1. The monoisotopic (exact) mass is 399 g/mol. The molecule has 9 nitrogen and oxygen atoms in total. The first-order valence-corrected chi connectivity index (χ1v) is 8.92. The van der Waals surface area contributed by atoms with Crippen molar-refractivity contribution < 1.29 is 33.3 Å². The molecule has 0 spiro atoms. The highest BCUT2D eigenvalue weighted by molar-refractivity contribution is 5.92. The molecule has 0 aromatic heterocycles. The Morgan fingerprint density at radius 1 is 1.43 bits per heavy atom. The van der Waals surface area contributed by atoms with Crippen molar-refractivity contribution in [2.24, 2.45) is 10.7 Å². The van der Waals surface area contributed by atoms with Crippen LogP contribution in [-0.2, 0) is 23.8 Å². The van der Waals surface area contributed by atoms with Crippen LogP contribution in [0.15, 0.2) is 29.7 Å². The molecule has 2 heterocycles. The molecule has 3 N–H and O–H groups in total. The van der Waals surface area contributed by atoms with E-state index in [0.717, 1.165) is 0 Å². The van der Waals surface area contributed by atoms with Crippen LogP contribution in [-0.4, -0.2) is 64.6 Å². The number of hydrogen-bond donors (Lipinski definition) is 2. The molecule has 0 aliphatic carbocycles. The average Bonchev–Trinajstić information content (AvgIpc) is 2.87. The third-order valence-electron chi connectivity index (χ3n) is 4.60. The van der Waals surface area contributed by atoms with Gasteiger partial charge < -0.3 is 30.0 Å². The normalized spacial score (nSPS) is 32.2. The quantitative estimate of drug-likeness (QED) is 0.601. The molecule has 156 valence electrons. The molecule has 4 atom stereocenters. The maximum Gasteiger partial charge on any atom is 0.305 e. The Labute approximate surface area is 162 Å². The third-order valence-corrected chi connectivity index (χ3v) is 4.60. The van der Waals surface area contributed by atoms with E-state index >= 15 is 0 Å². The van der Waals surface area contributed by atoms with Crippen molar-refractivity contribution >= 4 is 17.8 Å².